The van der Waals surface area contributed by atoms with Crippen LogP contribution < -0.4 is 0 Å². The summed E-state index contributed by atoms with van der Waals surface area (Å²) >= 11 is 0. The topological polar surface area (TPSA) is 81.0 Å². The van der Waals surface area contributed by atoms with Crippen LogP contribution in [0.5, 0.6) is 11.5 Å². The van der Waals surface area contributed by atoms with E-state index in [-0.39, 0.29) is 17.5 Å². The number of carboxylic acids is 1. The van der Waals surface area contributed by atoms with E-state index in [1.807, 2.05) is 11.8 Å². The molecule has 1 aliphatic heterocycles. The van der Waals surface area contributed by atoms with Gasteiger partial charge in [0.05, 0.1) is 0 Å². The summed E-state index contributed by atoms with van der Waals surface area (Å²) in [7, 11) is 0. The quantitative estimate of drug-likeness (QED) is 0.779. The minimum absolute atomic E-state index is 0.0157. The molecule has 0 amide bonds. The summed E-state index contributed by atoms with van der Waals surface area (Å²) in [6, 6.07) is 4.20. The van der Waals surface area contributed by atoms with Gasteiger partial charge in [0.15, 0.2) is 0 Å². The Morgan fingerprint density at radius 3 is 2.42 bits per heavy atom. The minimum Gasteiger partial charge on any atom is -0.508 e. The predicted molar refractivity (Wildman–Crippen MR) is 70.2 cm³/mol. The van der Waals surface area contributed by atoms with E-state index < -0.39 is 11.5 Å². The van der Waals surface area contributed by atoms with Gasteiger partial charge in [-0.1, -0.05) is 0 Å². The minimum atomic E-state index is -0.888. The molecule has 1 heterocycles. The van der Waals surface area contributed by atoms with E-state index in [2.05, 4.69) is 0 Å². The Bertz CT molecular complexity index is 482. The Morgan fingerprint density at radius 1 is 1.32 bits per heavy atom. The number of aromatic hydroxyl groups is 2. The van der Waals surface area contributed by atoms with Crippen molar-refractivity contribution in [1.29, 1.82) is 0 Å². The summed E-state index contributed by atoms with van der Waals surface area (Å²) < 4.78 is 0. The molecule has 1 aromatic carbocycles. The van der Waals surface area contributed by atoms with Crippen molar-refractivity contribution in [1.82, 2.24) is 4.90 Å². The van der Waals surface area contributed by atoms with Crippen molar-refractivity contribution >= 4 is 5.97 Å². The molecule has 2 atom stereocenters. The van der Waals surface area contributed by atoms with Crippen LogP contribution in [0.2, 0.25) is 0 Å². The number of rotatable bonds is 3. The zero-order chi connectivity index (χ0) is 14.2. The Hall–Kier alpha value is -1.75. The van der Waals surface area contributed by atoms with Gasteiger partial charge in [-0.2, -0.15) is 0 Å². The summed E-state index contributed by atoms with van der Waals surface area (Å²) in [4.78, 5) is 13.4. The third-order valence-electron chi connectivity index (χ3n) is 4.03. The fraction of sp³-hybridized carbons (Fsp3) is 0.500. The molecule has 0 radical (unpaired) electrons. The molecular weight excluding hydrogens is 246 g/mol. The molecule has 0 aliphatic carbocycles. The van der Waals surface area contributed by atoms with Gasteiger partial charge in [-0.15, -0.1) is 0 Å². The largest absolute Gasteiger partial charge is 0.508 e. The Kier molecular flexibility index (Phi) is 3.41. The maximum atomic E-state index is 11.5. The molecule has 2 unspecified atom stereocenters. The molecule has 1 saturated heterocycles. The molecular formula is C14H19NO4. The van der Waals surface area contributed by atoms with Crippen LogP contribution in [0.3, 0.4) is 0 Å². The van der Waals surface area contributed by atoms with Crippen molar-refractivity contribution < 1.29 is 20.1 Å². The lowest BCUT2D eigenvalue weighted by Gasteiger charge is -2.36. The molecule has 5 heteroatoms. The number of hydrogen-bond acceptors (Lipinski definition) is 4. The molecule has 0 aromatic heterocycles. The van der Waals surface area contributed by atoms with Crippen molar-refractivity contribution in [2.75, 3.05) is 6.54 Å². The van der Waals surface area contributed by atoms with Gasteiger partial charge < -0.3 is 15.3 Å². The highest BCUT2D eigenvalue weighted by molar-refractivity contribution is 5.78. The molecule has 0 bridgehead atoms. The lowest BCUT2D eigenvalue weighted by atomic mass is 9.96. The second-order valence-corrected chi connectivity index (χ2v) is 5.33. The van der Waals surface area contributed by atoms with Crippen molar-refractivity contribution in [3.63, 3.8) is 0 Å². The molecule has 1 aliphatic rings. The molecule has 0 saturated carbocycles. The monoisotopic (exact) mass is 265 g/mol. The molecule has 104 valence electrons. The van der Waals surface area contributed by atoms with Crippen LogP contribution in [-0.4, -0.2) is 38.3 Å². The average molecular weight is 265 g/mol. The Morgan fingerprint density at radius 2 is 1.89 bits per heavy atom. The lowest BCUT2D eigenvalue weighted by molar-refractivity contribution is -0.149. The van der Waals surface area contributed by atoms with Crippen LogP contribution in [0.1, 0.15) is 38.3 Å². The van der Waals surface area contributed by atoms with Crippen molar-refractivity contribution in [3.05, 3.63) is 23.8 Å². The number of phenols is 2. The van der Waals surface area contributed by atoms with Gasteiger partial charge >= 0.3 is 5.97 Å². The summed E-state index contributed by atoms with van der Waals surface area (Å²) in [5.41, 5.74) is -0.174. The zero-order valence-electron chi connectivity index (χ0n) is 11.1. The first-order valence-electron chi connectivity index (χ1n) is 6.37. The van der Waals surface area contributed by atoms with Gasteiger partial charge in [0.25, 0.3) is 0 Å². The van der Waals surface area contributed by atoms with Crippen molar-refractivity contribution in [2.45, 2.75) is 38.3 Å². The summed E-state index contributed by atoms with van der Waals surface area (Å²) in [6.07, 6.45) is 1.44. The maximum Gasteiger partial charge on any atom is 0.323 e. The van der Waals surface area contributed by atoms with E-state index in [1.54, 1.807) is 19.1 Å². The van der Waals surface area contributed by atoms with Crippen molar-refractivity contribution in [2.24, 2.45) is 0 Å². The highest BCUT2D eigenvalue weighted by atomic mass is 16.4. The number of aliphatic carboxylic acids is 1. The predicted octanol–water partition coefficient (Wildman–Crippen LogP) is 2.10. The van der Waals surface area contributed by atoms with Crippen LogP contribution >= 0.6 is 0 Å². The molecule has 1 aromatic rings. The highest BCUT2D eigenvalue weighted by Gasteiger charge is 2.45. The molecule has 19 heavy (non-hydrogen) atoms. The van der Waals surface area contributed by atoms with Crippen LogP contribution in [-0.2, 0) is 4.79 Å². The fourth-order valence-electron chi connectivity index (χ4n) is 2.87. The van der Waals surface area contributed by atoms with E-state index >= 15 is 0 Å². The first kappa shape index (κ1) is 13.7. The van der Waals surface area contributed by atoms with Gasteiger partial charge in [-0.05, 0) is 50.9 Å². The SMILES string of the molecule is CC(c1cc(O)cc(O)c1)N1CCCC1(C)C(=O)O. The molecule has 1 fully saturated rings. The third-order valence-corrected chi connectivity index (χ3v) is 4.03. The first-order valence-corrected chi connectivity index (χ1v) is 6.37. The number of carbonyl (C=O) groups is 1. The Labute approximate surface area is 112 Å². The fourth-order valence-corrected chi connectivity index (χ4v) is 2.87. The molecule has 0 spiro atoms. The van der Waals surface area contributed by atoms with Crippen LogP contribution in [0.4, 0.5) is 0 Å². The maximum absolute atomic E-state index is 11.5. The lowest BCUT2D eigenvalue weighted by Crippen LogP contribution is -2.48. The number of phenolic OH excluding ortho intramolecular Hbond substituents is 2. The van der Waals surface area contributed by atoms with Gasteiger partial charge in [0.1, 0.15) is 17.0 Å². The van der Waals surface area contributed by atoms with Crippen LogP contribution in [0.25, 0.3) is 0 Å². The highest BCUT2D eigenvalue weighted by Crippen LogP contribution is 2.38. The molecule has 3 N–H and O–H groups in total. The zero-order valence-corrected chi connectivity index (χ0v) is 11.1. The standard InChI is InChI=1S/C14H19NO4/c1-9(10-6-11(16)8-12(17)7-10)15-5-3-4-14(15,2)13(18)19/h6-9,16-17H,3-5H2,1-2H3,(H,18,19). The van der Waals surface area contributed by atoms with Gasteiger partial charge in [-0.25, -0.2) is 0 Å². The number of hydrogen-bond donors (Lipinski definition) is 3. The van der Waals surface area contributed by atoms with Gasteiger partial charge in [0.2, 0.25) is 0 Å². The first-order chi connectivity index (χ1) is 8.84. The van der Waals surface area contributed by atoms with Crippen LogP contribution in [0, 0.1) is 0 Å². The number of likely N-dealkylation sites (tertiary alicyclic amines) is 1. The smallest absolute Gasteiger partial charge is 0.323 e. The number of benzene rings is 1. The van der Waals surface area contributed by atoms with Crippen LogP contribution in [0.15, 0.2) is 18.2 Å². The molecule has 5 nitrogen and oxygen atoms in total. The average Bonchev–Trinajstić information content (AvgIpc) is 2.70. The van der Waals surface area contributed by atoms with E-state index in [0.717, 1.165) is 6.42 Å². The van der Waals surface area contributed by atoms with E-state index in [9.17, 15) is 20.1 Å². The second kappa shape index (κ2) is 4.74. The summed E-state index contributed by atoms with van der Waals surface area (Å²) in [5.74, 6) is -0.864. The third kappa shape index (κ3) is 2.38. The number of carboxylic acid groups (broad SMARTS) is 1. The van der Waals surface area contributed by atoms with Gasteiger partial charge in [0, 0.05) is 12.1 Å². The van der Waals surface area contributed by atoms with E-state index in [0.29, 0.717) is 18.5 Å². The number of nitrogens with zero attached hydrogens (tertiary/aromatic N) is 1. The van der Waals surface area contributed by atoms with Crippen molar-refractivity contribution in [3.8, 4) is 11.5 Å². The second-order valence-electron chi connectivity index (χ2n) is 5.33. The normalized spacial score (nSPS) is 25.4. The summed E-state index contributed by atoms with van der Waals surface area (Å²) in [5, 5.41) is 28.5. The molecule has 2 rings (SSSR count). The summed E-state index contributed by atoms with van der Waals surface area (Å²) in [6.45, 7) is 4.31. The van der Waals surface area contributed by atoms with Gasteiger partial charge in [-0.3, -0.25) is 9.69 Å². The van der Waals surface area contributed by atoms with E-state index in [1.165, 1.54) is 6.07 Å². The van der Waals surface area contributed by atoms with E-state index in [4.69, 9.17) is 0 Å². The Balaban J connectivity index is 2.33.